The molecule has 0 radical (unpaired) electrons. The topological polar surface area (TPSA) is 35.5 Å². The van der Waals surface area contributed by atoms with Gasteiger partial charge < -0.3 is 9.47 Å². The van der Waals surface area contributed by atoms with Crippen molar-refractivity contribution in [3.05, 3.63) is 35.4 Å². The Bertz CT molecular complexity index is 432. The molecule has 1 aromatic rings. The maximum atomic E-state index is 11.5. The molecule has 1 atom stereocenters. The summed E-state index contributed by atoms with van der Waals surface area (Å²) < 4.78 is 10.1. The SMILES string of the molecule is CCC(C)c1ccc(C2(CC(=O)OC)COC2)cc1. The molecule has 104 valence electrons. The van der Waals surface area contributed by atoms with Gasteiger partial charge in [0.15, 0.2) is 0 Å². The lowest BCUT2D eigenvalue weighted by atomic mass is 9.75. The van der Waals surface area contributed by atoms with Crippen LogP contribution in [-0.2, 0) is 19.7 Å². The third-order valence-electron chi connectivity index (χ3n) is 4.17. The molecule has 1 heterocycles. The number of rotatable bonds is 5. The Morgan fingerprint density at radius 3 is 2.42 bits per heavy atom. The summed E-state index contributed by atoms with van der Waals surface area (Å²) in [5, 5.41) is 0. The number of carbonyl (C=O) groups is 1. The van der Waals surface area contributed by atoms with Gasteiger partial charge in [0.2, 0.25) is 0 Å². The van der Waals surface area contributed by atoms with Crippen LogP contribution in [0.5, 0.6) is 0 Å². The average Bonchev–Trinajstić information content (AvgIpc) is 2.42. The van der Waals surface area contributed by atoms with Gasteiger partial charge in [0.05, 0.1) is 32.2 Å². The van der Waals surface area contributed by atoms with Crippen LogP contribution in [-0.4, -0.2) is 26.3 Å². The van der Waals surface area contributed by atoms with E-state index in [1.807, 2.05) is 0 Å². The first-order chi connectivity index (χ1) is 9.11. The summed E-state index contributed by atoms with van der Waals surface area (Å²) in [6.45, 7) is 5.62. The summed E-state index contributed by atoms with van der Waals surface area (Å²) in [6.07, 6.45) is 1.53. The van der Waals surface area contributed by atoms with Gasteiger partial charge in [-0.2, -0.15) is 0 Å². The molecule has 1 saturated heterocycles. The van der Waals surface area contributed by atoms with Gasteiger partial charge >= 0.3 is 5.97 Å². The third kappa shape index (κ3) is 2.81. The van der Waals surface area contributed by atoms with Crippen molar-refractivity contribution in [1.29, 1.82) is 0 Å². The molecule has 0 aliphatic carbocycles. The summed E-state index contributed by atoms with van der Waals surface area (Å²) >= 11 is 0. The Morgan fingerprint density at radius 1 is 1.37 bits per heavy atom. The number of hydrogen-bond donors (Lipinski definition) is 0. The van der Waals surface area contributed by atoms with Crippen molar-refractivity contribution in [2.45, 2.75) is 38.0 Å². The number of carbonyl (C=O) groups excluding carboxylic acids is 1. The van der Waals surface area contributed by atoms with Gasteiger partial charge in [-0.05, 0) is 23.5 Å². The Balaban J connectivity index is 2.17. The minimum Gasteiger partial charge on any atom is -0.469 e. The third-order valence-corrected chi connectivity index (χ3v) is 4.17. The van der Waals surface area contributed by atoms with Crippen molar-refractivity contribution in [3.8, 4) is 0 Å². The molecule has 0 aromatic heterocycles. The maximum absolute atomic E-state index is 11.5. The van der Waals surface area contributed by atoms with Crippen molar-refractivity contribution in [2.75, 3.05) is 20.3 Å². The zero-order valence-corrected chi connectivity index (χ0v) is 11.9. The highest BCUT2D eigenvalue weighted by Crippen LogP contribution is 2.36. The van der Waals surface area contributed by atoms with Gasteiger partial charge in [-0.25, -0.2) is 0 Å². The van der Waals surface area contributed by atoms with Crippen molar-refractivity contribution in [1.82, 2.24) is 0 Å². The van der Waals surface area contributed by atoms with Crippen molar-refractivity contribution < 1.29 is 14.3 Å². The van der Waals surface area contributed by atoms with Crippen LogP contribution in [0.15, 0.2) is 24.3 Å². The second-order valence-electron chi connectivity index (χ2n) is 5.46. The molecule has 1 aliphatic heterocycles. The Labute approximate surface area is 114 Å². The van der Waals surface area contributed by atoms with Crippen LogP contribution in [0, 0.1) is 0 Å². The molecule has 0 saturated carbocycles. The number of ether oxygens (including phenoxy) is 2. The second-order valence-corrected chi connectivity index (χ2v) is 5.46. The first kappa shape index (κ1) is 14.1. The molecule has 0 spiro atoms. The summed E-state index contributed by atoms with van der Waals surface area (Å²) in [5.74, 6) is 0.401. The Hall–Kier alpha value is -1.35. The molecule has 3 heteroatoms. The fourth-order valence-corrected chi connectivity index (χ4v) is 2.47. The van der Waals surface area contributed by atoms with E-state index in [2.05, 4.69) is 38.1 Å². The molecule has 1 unspecified atom stereocenters. The molecule has 0 bridgehead atoms. The zero-order valence-electron chi connectivity index (χ0n) is 11.9. The lowest BCUT2D eigenvalue weighted by molar-refractivity contribution is -0.148. The zero-order chi connectivity index (χ0) is 13.9. The van der Waals surface area contributed by atoms with Crippen LogP contribution < -0.4 is 0 Å². The Kier molecular flexibility index (Phi) is 4.25. The second kappa shape index (κ2) is 5.74. The standard InChI is InChI=1S/C16H22O3/c1-4-12(2)13-5-7-14(8-6-13)16(10-19-11-16)9-15(17)18-3/h5-8,12H,4,9-11H2,1-3H3. The fourth-order valence-electron chi connectivity index (χ4n) is 2.47. The van der Waals surface area contributed by atoms with E-state index in [4.69, 9.17) is 9.47 Å². The summed E-state index contributed by atoms with van der Waals surface area (Å²) in [5.41, 5.74) is 2.34. The van der Waals surface area contributed by atoms with Gasteiger partial charge in [0.1, 0.15) is 0 Å². The van der Waals surface area contributed by atoms with E-state index >= 15 is 0 Å². The molecule has 19 heavy (non-hydrogen) atoms. The lowest BCUT2D eigenvalue weighted by Crippen LogP contribution is -2.48. The highest BCUT2D eigenvalue weighted by molar-refractivity contribution is 5.71. The first-order valence-electron chi connectivity index (χ1n) is 6.86. The maximum Gasteiger partial charge on any atom is 0.306 e. The number of methoxy groups -OCH3 is 1. The number of benzene rings is 1. The van der Waals surface area contributed by atoms with Crippen molar-refractivity contribution in [3.63, 3.8) is 0 Å². The van der Waals surface area contributed by atoms with Gasteiger partial charge in [0, 0.05) is 0 Å². The normalized spacial score (nSPS) is 18.5. The molecule has 1 aliphatic rings. The summed E-state index contributed by atoms with van der Waals surface area (Å²) in [4.78, 5) is 11.5. The molecule has 1 aromatic carbocycles. The summed E-state index contributed by atoms with van der Waals surface area (Å²) in [6, 6.07) is 8.60. The van der Waals surface area contributed by atoms with Crippen LogP contribution in [0.1, 0.15) is 43.7 Å². The van der Waals surface area contributed by atoms with Gasteiger partial charge in [0.25, 0.3) is 0 Å². The molecular weight excluding hydrogens is 240 g/mol. The van der Waals surface area contributed by atoms with Crippen LogP contribution in [0.25, 0.3) is 0 Å². The predicted octanol–water partition coefficient (Wildman–Crippen LogP) is 3.03. The predicted molar refractivity (Wildman–Crippen MR) is 74.3 cm³/mol. The van der Waals surface area contributed by atoms with E-state index in [9.17, 15) is 4.79 Å². The quantitative estimate of drug-likeness (QED) is 0.765. The van der Waals surface area contributed by atoms with Crippen molar-refractivity contribution >= 4 is 5.97 Å². The molecule has 3 nitrogen and oxygen atoms in total. The van der Waals surface area contributed by atoms with E-state index in [-0.39, 0.29) is 11.4 Å². The van der Waals surface area contributed by atoms with Gasteiger partial charge in [-0.3, -0.25) is 4.79 Å². The van der Waals surface area contributed by atoms with Crippen LogP contribution in [0.3, 0.4) is 0 Å². The monoisotopic (exact) mass is 262 g/mol. The molecule has 1 fully saturated rings. The Morgan fingerprint density at radius 2 is 2.00 bits per heavy atom. The fraction of sp³-hybridized carbons (Fsp3) is 0.562. The highest BCUT2D eigenvalue weighted by Gasteiger charge is 2.42. The molecule has 0 N–H and O–H groups in total. The largest absolute Gasteiger partial charge is 0.469 e. The van der Waals surface area contributed by atoms with E-state index in [0.29, 0.717) is 25.6 Å². The molecule has 2 rings (SSSR count). The van der Waals surface area contributed by atoms with Crippen LogP contribution in [0.2, 0.25) is 0 Å². The molecule has 0 amide bonds. The minimum absolute atomic E-state index is 0.172. The lowest BCUT2D eigenvalue weighted by Gasteiger charge is -2.41. The van der Waals surface area contributed by atoms with Crippen LogP contribution >= 0.6 is 0 Å². The average molecular weight is 262 g/mol. The van der Waals surface area contributed by atoms with E-state index in [1.54, 1.807) is 0 Å². The van der Waals surface area contributed by atoms with E-state index < -0.39 is 0 Å². The van der Waals surface area contributed by atoms with Crippen molar-refractivity contribution in [2.24, 2.45) is 0 Å². The van der Waals surface area contributed by atoms with Gasteiger partial charge in [-0.15, -0.1) is 0 Å². The van der Waals surface area contributed by atoms with Crippen LogP contribution in [0.4, 0.5) is 0 Å². The number of hydrogen-bond acceptors (Lipinski definition) is 3. The van der Waals surface area contributed by atoms with E-state index in [1.165, 1.54) is 18.2 Å². The van der Waals surface area contributed by atoms with E-state index in [0.717, 1.165) is 6.42 Å². The summed E-state index contributed by atoms with van der Waals surface area (Å²) in [7, 11) is 1.43. The highest BCUT2D eigenvalue weighted by atomic mass is 16.5. The first-order valence-corrected chi connectivity index (χ1v) is 6.86. The minimum atomic E-state index is -0.179. The van der Waals surface area contributed by atoms with Gasteiger partial charge in [-0.1, -0.05) is 38.1 Å². The molecular formula is C16H22O3. The smallest absolute Gasteiger partial charge is 0.306 e. The number of esters is 1.